The molecule has 0 atom stereocenters. The van der Waals surface area contributed by atoms with Gasteiger partial charge in [-0.1, -0.05) is 23.2 Å². The lowest BCUT2D eigenvalue weighted by atomic mass is 10.1. The molecule has 0 amide bonds. The predicted molar refractivity (Wildman–Crippen MR) is 76.1 cm³/mol. The van der Waals surface area contributed by atoms with Gasteiger partial charge < -0.3 is 10.5 Å². The van der Waals surface area contributed by atoms with Crippen LogP contribution in [0.25, 0.3) is 5.70 Å². The second-order valence-electron chi connectivity index (χ2n) is 4.77. The molecule has 2 N–H and O–H groups in total. The maximum Gasteiger partial charge on any atom is 0.211 e. The number of benzene rings is 1. The summed E-state index contributed by atoms with van der Waals surface area (Å²) < 4.78 is 5.45. The van der Waals surface area contributed by atoms with Crippen LogP contribution >= 0.6 is 23.2 Å². The van der Waals surface area contributed by atoms with E-state index >= 15 is 0 Å². The highest BCUT2D eigenvalue weighted by atomic mass is 35.5. The Morgan fingerprint density at radius 3 is 2.72 bits per heavy atom. The summed E-state index contributed by atoms with van der Waals surface area (Å²) in [4.78, 5) is 4.40. The highest BCUT2D eigenvalue weighted by Gasteiger charge is 2.25. The maximum absolute atomic E-state index is 6.08. The molecular formula is C13H14Cl2N2O. The zero-order chi connectivity index (χ0) is 13.3. The largest absolute Gasteiger partial charge is 0.475 e. The number of hydrogen-bond donors (Lipinski definition) is 1. The minimum Gasteiger partial charge on any atom is -0.475 e. The highest BCUT2D eigenvalue weighted by Crippen LogP contribution is 2.25. The molecule has 18 heavy (non-hydrogen) atoms. The van der Waals surface area contributed by atoms with Gasteiger partial charge in [-0.3, -0.25) is 0 Å². The zero-order valence-corrected chi connectivity index (χ0v) is 11.7. The summed E-state index contributed by atoms with van der Waals surface area (Å²) in [7, 11) is 0. The lowest BCUT2D eigenvalue weighted by Gasteiger charge is -2.07. The van der Waals surface area contributed by atoms with Crippen molar-refractivity contribution >= 4 is 34.8 Å². The summed E-state index contributed by atoms with van der Waals surface area (Å²) in [5.41, 5.74) is 7.02. The van der Waals surface area contributed by atoms with E-state index in [0.717, 1.165) is 5.56 Å². The third kappa shape index (κ3) is 2.98. The van der Waals surface area contributed by atoms with Gasteiger partial charge in [-0.2, -0.15) is 0 Å². The lowest BCUT2D eigenvalue weighted by Crippen LogP contribution is -2.17. The Balaban J connectivity index is 2.29. The molecule has 1 aliphatic rings. The van der Waals surface area contributed by atoms with Gasteiger partial charge >= 0.3 is 0 Å². The number of nitrogens with zero attached hydrogens (tertiary/aromatic N) is 1. The van der Waals surface area contributed by atoms with E-state index in [1.807, 2.05) is 13.8 Å². The monoisotopic (exact) mass is 284 g/mol. The molecular weight excluding hydrogens is 271 g/mol. The molecule has 0 bridgehead atoms. The molecule has 0 radical (unpaired) electrons. The van der Waals surface area contributed by atoms with Gasteiger partial charge in [0.2, 0.25) is 5.90 Å². The Bertz CT molecular complexity index is 536. The first-order valence-corrected chi connectivity index (χ1v) is 6.28. The fraction of sp³-hybridized carbons (Fsp3) is 0.308. The summed E-state index contributed by atoms with van der Waals surface area (Å²) in [5.74, 6) is 0.531. The minimum atomic E-state index is -0.199. The van der Waals surface area contributed by atoms with E-state index in [2.05, 4.69) is 4.99 Å². The van der Waals surface area contributed by atoms with Crippen molar-refractivity contribution in [3.63, 3.8) is 0 Å². The molecule has 1 aromatic carbocycles. The zero-order valence-electron chi connectivity index (χ0n) is 10.2. The van der Waals surface area contributed by atoms with Gasteiger partial charge in [0.1, 0.15) is 6.61 Å². The molecule has 0 saturated carbocycles. The van der Waals surface area contributed by atoms with Crippen LogP contribution in [0, 0.1) is 0 Å². The molecule has 0 unspecified atom stereocenters. The Labute approximate surface area is 116 Å². The quantitative estimate of drug-likeness (QED) is 0.904. The summed E-state index contributed by atoms with van der Waals surface area (Å²) in [5, 5.41) is 1.08. The van der Waals surface area contributed by atoms with E-state index in [-0.39, 0.29) is 5.54 Å². The second-order valence-corrected chi connectivity index (χ2v) is 5.62. The summed E-state index contributed by atoms with van der Waals surface area (Å²) in [6, 6.07) is 5.17. The Kier molecular flexibility index (Phi) is 3.55. The Morgan fingerprint density at radius 2 is 2.17 bits per heavy atom. The molecule has 5 heteroatoms. The van der Waals surface area contributed by atoms with Crippen LogP contribution in [0.4, 0.5) is 0 Å². The van der Waals surface area contributed by atoms with Crippen molar-refractivity contribution in [2.24, 2.45) is 10.7 Å². The first-order valence-electron chi connectivity index (χ1n) is 5.53. The summed E-state index contributed by atoms with van der Waals surface area (Å²) in [6.45, 7) is 4.55. The van der Waals surface area contributed by atoms with Crippen molar-refractivity contribution in [2.75, 3.05) is 6.61 Å². The molecule has 1 heterocycles. The van der Waals surface area contributed by atoms with Crippen molar-refractivity contribution in [3.05, 3.63) is 39.9 Å². The molecule has 0 spiro atoms. The molecule has 96 valence electrons. The van der Waals surface area contributed by atoms with Crippen LogP contribution in [0.2, 0.25) is 10.0 Å². The van der Waals surface area contributed by atoms with E-state index < -0.39 is 0 Å². The van der Waals surface area contributed by atoms with Crippen molar-refractivity contribution in [2.45, 2.75) is 19.4 Å². The number of aliphatic imine (C=N–C) groups is 1. The van der Waals surface area contributed by atoms with Crippen LogP contribution in [0.1, 0.15) is 19.4 Å². The van der Waals surface area contributed by atoms with E-state index in [0.29, 0.717) is 28.2 Å². The normalized spacial score (nSPS) is 18.4. The van der Waals surface area contributed by atoms with Gasteiger partial charge in [-0.05, 0) is 32.0 Å². The average Bonchev–Trinajstić information content (AvgIpc) is 2.57. The smallest absolute Gasteiger partial charge is 0.211 e. The van der Waals surface area contributed by atoms with Crippen LogP contribution in [0.15, 0.2) is 29.3 Å². The van der Waals surface area contributed by atoms with Crippen LogP contribution in [-0.2, 0) is 4.74 Å². The first-order chi connectivity index (χ1) is 8.37. The molecule has 0 fully saturated rings. The van der Waals surface area contributed by atoms with Crippen LogP contribution in [-0.4, -0.2) is 18.0 Å². The average molecular weight is 285 g/mol. The maximum atomic E-state index is 6.08. The topological polar surface area (TPSA) is 47.6 Å². The van der Waals surface area contributed by atoms with Crippen molar-refractivity contribution in [1.29, 1.82) is 0 Å². The number of halogens is 2. The van der Waals surface area contributed by atoms with Crippen LogP contribution < -0.4 is 5.73 Å². The molecule has 1 aromatic rings. The lowest BCUT2D eigenvalue weighted by molar-refractivity contribution is 0.280. The van der Waals surface area contributed by atoms with Crippen molar-refractivity contribution in [1.82, 2.24) is 0 Å². The molecule has 3 nitrogen and oxygen atoms in total. The van der Waals surface area contributed by atoms with E-state index in [1.165, 1.54) is 0 Å². The van der Waals surface area contributed by atoms with E-state index in [1.54, 1.807) is 24.3 Å². The molecule has 0 aliphatic carbocycles. The molecule has 2 rings (SSSR count). The number of hydrogen-bond acceptors (Lipinski definition) is 3. The summed E-state index contributed by atoms with van der Waals surface area (Å²) >= 11 is 11.9. The summed E-state index contributed by atoms with van der Waals surface area (Å²) in [6.07, 6.45) is 1.68. The third-order valence-electron chi connectivity index (χ3n) is 2.51. The molecule has 1 aliphatic heterocycles. The van der Waals surface area contributed by atoms with Gasteiger partial charge in [-0.25, -0.2) is 4.99 Å². The van der Waals surface area contributed by atoms with Gasteiger partial charge in [0.15, 0.2) is 0 Å². The van der Waals surface area contributed by atoms with Crippen LogP contribution in [0.5, 0.6) is 0 Å². The number of nitrogens with two attached hydrogens (primary N) is 1. The van der Waals surface area contributed by atoms with E-state index in [9.17, 15) is 0 Å². The van der Waals surface area contributed by atoms with Crippen molar-refractivity contribution in [3.8, 4) is 0 Å². The van der Waals surface area contributed by atoms with Gasteiger partial charge in [0.25, 0.3) is 0 Å². The van der Waals surface area contributed by atoms with Crippen LogP contribution in [0.3, 0.4) is 0 Å². The van der Waals surface area contributed by atoms with Gasteiger partial charge in [0.05, 0.1) is 10.6 Å². The third-order valence-corrected chi connectivity index (χ3v) is 3.06. The highest BCUT2D eigenvalue weighted by molar-refractivity contribution is 6.35. The minimum absolute atomic E-state index is 0.199. The fourth-order valence-corrected chi connectivity index (χ4v) is 2.14. The SMILES string of the molecule is CC1(C)COC(/C=C(/N)c2ccc(Cl)cc2Cl)=N1. The number of rotatable bonds is 2. The van der Waals surface area contributed by atoms with Gasteiger partial charge in [-0.15, -0.1) is 0 Å². The standard InChI is InChI=1S/C13H14Cl2N2O/c1-13(2)7-18-12(17-13)6-11(16)9-4-3-8(14)5-10(9)15/h3-6H,7,16H2,1-2H3/b11-6+. The number of ether oxygens (including phenoxy) is 1. The second kappa shape index (κ2) is 4.82. The Morgan fingerprint density at radius 1 is 1.44 bits per heavy atom. The van der Waals surface area contributed by atoms with Crippen molar-refractivity contribution < 1.29 is 4.74 Å². The Hall–Kier alpha value is -1.19. The van der Waals surface area contributed by atoms with E-state index in [4.69, 9.17) is 33.7 Å². The predicted octanol–water partition coefficient (Wildman–Crippen LogP) is 3.50. The van der Waals surface area contributed by atoms with Gasteiger partial charge in [0, 0.05) is 22.4 Å². The fourth-order valence-electron chi connectivity index (χ4n) is 1.62. The first kappa shape index (κ1) is 13.2. The molecule has 0 saturated heterocycles. The molecule has 0 aromatic heterocycles.